The molecule has 1 unspecified atom stereocenters. The summed E-state index contributed by atoms with van der Waals surface area (Å²) in [7, 11) is 0. The highest BCUT2D eigenvalue weighted by molar-refractivity contribution is 5.75. The molecule has 2 N–H and O–H groups in total. The predicted molar refractivity (Wildman–Crippen MR) is 65.3 cm³/mol. The van der Waals surface area contributed by atoms with E-state index in [1.165, 1.54) is 0 Å². The van der Waals surface area contributed by atoms with Crippen LogP contribution < -0.4 is 5.32 Å². The SMILES string of the molecule is CC(C)(C)CC(O)CNC(=O)Cn1cccn1. The Kier molecular flexibility index (Phi) is 4.69. The molecule has 0 radical (unpaired) electrons. The van der Waals surface area contributed by atoms with Crippen molar-refractivity contribution in [3.63, 3.8) is 0 Å². The molecule has 1 atom stereocenters. The Labute approximate surface area is 102 Å². The molecule has 1 rings (SSSR count). The second-order valence-electron chi connectivity index (χ2n) is 5.43. The van der Waals surface area contributed by atoms with Crippen LogP contribution >= 0.6 is 0 Å². The van der Waals surface area contributed by atoms with Gasteiger partial charge in [0.05, 0.1) is 6.10 Å². The highest BCUT2D eigenvalue weighted by atomic mass is 16.3. The molecule has 17 heavy (non-hydrogen) atoms. The summed E-state index contributed by atoms with van der Waals surface area (Å²) in [5.41, 5.74) is 0.0616. The van der Waals surface area contributed by atoms with E-state index in [2.05, 4.69) is 31.2 Å². The molecule has 0 aliphatic carbocycles. The summed E-state index contributed by atoms with van der Waals surface area (Å²) in [5, 5.41) is 16.4. The first kappa shape index (κ1) is 13.7. The van der Waals surface area contributed by atoms with E-state index < -0.39 is 6.10 Å². The summed E-state index contributed by atoms with van der Waals surface area (Å²) in [5.74, 6) is -0.137. The summed E-state index contributed by atoms with van der Waals surface area (Å²) < 4.78 is 1.55. The summed E-state index contributed by atoms with van der Waals surface area (Å²) in [4.78, 5) is 11.5. The molecule has 0 saturated carbocycles. The molecule has 0 fully saturated rings. The van der Waals surface area contributed by atoms with Crippen LogP contribution in [0.15, 0.2) is 18.5 Å². The van der Waals surface area contributed by atoms with Gasteiger partial charge in [-0.3, -0.25) is 9.48 Å². The Morgan fingerprint density at radius 2 is 2.24 bits per heavy atom. The lowest BCUT2D eigenvalue weighted by Gasteiger charge is -2.22. The zero-order valence-corrected chi connectivity index (χ0v) is 10.7. The number of nitrogens with one attached hydrogen (secondary N) is 1. The van der Waals surface area contributed by atoms with Crippen molar-refractivity contribution in [3.8, 4) is 0 Å². The minimum atomic E-state index is -0.503. The number of rotatable bonds is 5. The Hall–Kier alpha value is -1.36. The van der Waals surface area contributed by atoms with Gasteiger partial charge in [0.2, 0.25) is 5.91 Å². The van der Waals surface area contributed by atoms with Crippen LogP contribution in [0.3, 0.4) is 0 Å². The molecule has 1 amide bonds. The van der Waals surface area contributed by atoms with Crippen LogP contribution in [0, 0.1) is 5.41 Å². The van der Waals surface area contributed by atoms with Gasteiger partial charge in [-0.1, -0.05) is 20.8 Å². The van der Waals surface area contributed by atoms with Crippen LogP contribution in [-0.2, 0) is 11.3 Å². The normalized spacial score (nSPS) is 13.4. The van der Waals surface area contributed by atoms with E-state index in [-0.39, 0.29) is 24.4 Å². The Bertz CT molecular complexity index is 341. The molecule has 0 aliphatic rings. The van der Waals surface area contributed by atoms with Gasteiger partial charge in [-0.25, -0.2) is 0 Å². The molecule has 1 aromatic rings. The van der Waals surface area contributed by atoms with Gasteiger partial charge in [-0.2, -0.15) is 5.10 Å². The molecule has 1 heterocycles. The van der Waals surface area contributed by atoms with Crippen molar-refractivity contribution in [2.45, 2.75) is 39.8 Å². The van der Waals surface area contributed by atoms with Gasteiger partial charge in [-0.15, -0.1) is 0 Å². The van der Waals surface area contributed by atoms with Gasteiger partial charge in [-0.05, 0) is 17.9 Å². The quantitative estimate of drug-likeness (QED) is 0.798. The number of amides is 1. The number of hydrogen-bond donors (Lipinski definition) is 2. The van der Waals surface area contributed by atoms with E-state index >= 15 is 0 Å². The van der Waals surface area contributed by atoms with Gasteiger partial charge in [0, 0.05) is 18.9 Å². The van der Waals surface area contributed by atoms with Crippen molar-refractivity contribution in [1.29, 1.82) is 0 Å². The molecule has 96 valence electrons. The largest absolute Gasteiger partial charge is 0.391 e. The van der Waals surface area contributed by atoms with E-state index in [0.717, 1.165) is 0 Å². The van der Waals surface area contributed by atoms with Crippen LogP contribution in [0.25, 0.3) is 0 Å². The Morgan fingerprint density at radius 1 is 1.53 bits per heavy atom. The Morgan fingerprint density at radius 3 is 2.76 bits per heavy atom. The zero-order chi connectivity index (χ0) is 12.9. The van der Waals surface area contributed by atoms with Crippen LogP contribution in [-0.4, -0.2) is 33.4 Å². The van der Waals surface area contributed by atoms with Crippen molar-refractivity contribution in [2.75, 3.05) is 6.54 Å². The number of nitrogens with zero attached hydrogens (tertiary/aromatic N) is 2. The maximum atomic E-state index is 11.5. The average Bonchev–Trinajstić information content (AvgIpc) is 2.64. The minimum absolute atomic E-state index is 0.0616. The summed E-state index contributed by atoms with van der Waals surface area (Å²) in [6, 6.07) is 1.77. The number of aromatic nitrogens is 2. The summed E-state index contributed by atoms with van der Waals surface area (Å²) in [6.45, 7) is 6.65. The maximum Gasteiger partial charge on any atom is 0.241 e. The molecule has 5 heteroatoms. The smallest absolute Gasteiger partial charge is 0.241 e. The standard InChI is InChI=1S/C12H21N3O2/c1-12(2,3)7-10(16)8-13-11(17)9-15-6-4-5-14-15/h4-6,10,16H,7-9H2,1-3H3,(H,13,17). The fourth-order valence-electron chi connectivity index (χ4n) is 1.61. The minimum Gasteiger partial charge on any atom is -0.391 e. The lowest BCUT2D eigenvalue weighted by atomic mass is 9.89. The van der Waals surface area contributed by atoms with Crippen LogP contribution in [0.4, 0.5) is 0 Å². The van der Waals surface area contributed by atoms with E-state index in [1.54, 1.807) is 23.1 Å². The molecule has 0 spiro atoms. The van der Waals surface area contributed by atoms with Crippen molar-refractivity contribution >= 4 is 5.91 Å². The Balaban J connectivity index is 2.24. The summed E-state index contributed by atoms with van der Waals surface area (Å²) >= 11 is 0. The number of carbonyl (C=O) groups excluding carboxylic acids is 1. The highest BCUT2D eigenvalue weighted by Gasteiger charge is 2.17. The maximum absolute atomic E-state index is 11.5. The van der Waals surface area contributed by atoms with E-state index in [4.69, 9.17) is 0 Å². The van der Waals surface area contributed by atoms with Crippen LogP contribution in [0.2, 0.25) is 0 Å². The third-order valence-corrected chi connectivity index (χ3v) is 2.25. The van der Waals surface area contributed by atoms with Crippen molar-refractivity contribution < 1.29 is 9.90 Å². The van der Waals surface area contributed by atoms with Gasteiger partial charge < -0.3 is 10.4 Å². The van der Waals surface area contributed by atoms with E-state index in [9.17, 15) is 9.90 Å². The number of hydrogen-bond acceptors (Lipinski definition) is 3. The molecule has 1 aromatic heterocycles. The molecular formula is C12H21N3O2. The molecule has 5 nitrogen and oxygen atoms in total. The van der Waals surface area contributed by atoms with Gasteiger partial charge in [0.15, 0.2) is 0 Å². The van der Waals surface area contributed by atoms with E-state index in [0.29, 0.717) is 6.42 Å². The molecule has 0 saturated heterocycles. The van der Waals surface area contributed by atoms with Crippen molar-refractivity contribution in [1.82, 2.24) is 15.1 Å². The number of aliphatic hydroxyl groups is 1. The zero-order valence-electron chi connectivity index (χ0n) is 10.7. The number of carbonyl (C=O) groups is 1. The monoisotopic (exact) mass is 239 g/mol. The van der Waals surface area contributed by atoms with Crippen molar-refractivity contribution in [3.05, 3.63) is 18.5 Å². The average molecular weight is 239 g/mol. The van der Waals surface area contributed by atoms with Crippen molar-refractivity contribution in [2.24, 2.45) is 5.41 Å². The fourth-order valence-corrected chi connectivity index (χ4v) is 1.61. The molecule has 0 aliphatic heterocycles. The van der Waals surface area contributed by atoms with Gasteiger partial charge in [0.25, 0.3) is 0 Å². The molecule has 0 bridgehead atoms. The lowest BCUT2D eigenvalue weighted by Crippen LogP contribution is -2.36. The first-order valence-electron chi connectivity index (χ1n) is 5.79. The molecule has 0 aromatic carbocycles. The number of aliphatic hydroxyl groups excluding tert-OH is 1. The van der Waals surface area contributed by atoms with Crippen LogP contribution in [0.5, 0.6) is 0 Å². The second-order valence-corrected chi connectivity index (χ2v) is 5.43. The third kappa shape index (κ3) is 6.06. The first-order valence-corrected chi connectivity index (χ1v) is 5.79. The lowest BCUT2D eigenvalue weighted by molar-refractivity contribution is -0.122. The topological polar surface area (TPSA) is 67.2 Å². The van der Waals surface area contributed by atoms with Gasteiger partial charge in [0.1, 0.15) is 6.54 Å². The van der Waals surface area contributed by atoms with Gasteiger partial charge >= 0.3 is 0 Å². The highest BCUT2D eigenvalue weighted by Crippen LogP contribution is 2.20. The fraction of sp³-hybridized carbons (Fsp3) is 0.667. The van der Waals surface area contributed by atoms with Crippen LogP contribution in [0.1, 0.15) is 27.2 Å². The second kappa shape index (κ2) is 5.82. The third-order valence-electron chi connectivity index (χ3n) is 2.25. The molecular weight excluding hydrogens is 218 g/mol. The van der Waals surface area contributed by atoms with E-state index in [1.807, 2.05) is 0 Å². The summed E-state index contributed by atoms with van der Waals surface area (Å²) in [6.07, 6.45) is 3.51. The first-order chi connectivity index (χ1) is 7.87. The predicted octanol–water partition coefficient (Wildman–Crippen LogP) is 0.796.